The zero-order chi connectivity index (χ0) is 13.3. The van der Waals surface area contributed by atoms with Gasteiger partial charge in [0.1, 0.15) is 5.75 Å². The fraction of sp³-hybridized carbons (Fsp3) is 0.562. The number of nitrogens with zero attached hydrogens (tertiary/aromatic N) is 1. The highest BCUT2D eigenvalue weighted by Gasteiger charge is 2.43. The molecule has 1 fully saturated rings. The molecule has 100 valence electrons. The van der Waals surface area contributed by atoms with Gasteiger partial charge in [-0.15, -0.1) is 0 Å². The number of ether oxygens (including phenoxy) is 1. The van der Waals surface area contributed by atoms with Crippen molar-refractivity contribution in [1.82, 2.24) is 0 Å². The molecule has 0 saturated heterocycles. The van der Waals surface area contributed by atoms with Gasteiger partial charge in [0.05, 0.1) is 12.7 Å². The summed E-state index contributed by atoms with van der Waals surface area (Å²) in [5, 5.41) is 8.81. The van der Waals surface area contributed by atoms with Gasteiger partial charge < -0.3 is 10.5 Å². The Labute approximate surface area is 114 Å². The molecular weight excluding hydrogens is 236 g/mol. The zero-order valence-electron chi connectivity index (χ0n) is 11.2. The number of hydrogen-bond donors (Lipinski definition) is 1. The third-order valence-corrected chi connectivity index (χ3v) is 4.43. The summed E-state index contributed by atoms with van der Waals surface area (Å²) in [5.74, 6) is 0.903. The molecule has 3 rings (SSSR count). The highest BCUT2D eigenvalue weighted by molar-refractivity contribution is 5.39. The first-order valence-electron chi connectivity index (χ1n) is 7.11. The zero-order valence-corrected chi connectivity index (χ0v) is 11.2. The topological polar surface area (TPSA) is 59.0 Å². The van der Waals surface area contributed by atoms with Gasteiger partial charge in [0.15, 0.2) is 0 Å². The fourth-order valence-corrected chi connectivity index (χ4v) is 2.86. The predicted octanol–water partition coefficient (Wildman–Crippen LogP) is 3.10. The van der Waals surface area contributed by atoms with Crippen LogP contribution in [0.3, 0.4) is 0 Å². The van der Waals surface area contributed by atoms with E-state index in [1.165, 1.54) is 17.5 Å². The average Bonchev–Trinajstić information content (AvgIpc) is 3.18. The van der Waals surface area contributed by atoms with E-state index < -0.39 is 0 Å². The van der Waals surface area contributed by atoms with Crippen molar-refractivity contribution < 1.29 is 4.74 Å². The first-order chi connectivity index (χ1) is 9.22. The maximum Gasteiger partial charge on any atom is 0.119 e. The molecule has 1 atom stereocenters. The molecule has 0 bridgehead atoms. The number of aryl methyl sites for hydroxylation is 1. The van der Waals surface area contributed by atoms with Crippen LogP contribution in [0.25, 0.3) is 0 Å². The van der Waals surface area contributed by atoms with Crippen LogP contribution in [0.5, 0.6) is 5.75 Å². The molecule has 2 aliphatic rings. The molecule has 3 nitrogen and oxygen atoms in total. The molecular formula is C16H20N2O. The first-order valence-corrected chi connectivity index (χ1v) is 7.11. The lowest BCUT2D eigenvalue weighted by molar-refractivity contribution is 0.236. The molecule has 19 heavy (non-hydrogen) atoms. The minimum atomic E-state index is 0.132. The summed E-state index contributed by atoms with van der Waals surface area (Å²) < 4.78 is 5.89. The van der Waals surface area contributed by atoms with Crippen molar-refractivity contribution in [2.24, 2.45) is 11.1 Å². The summed E-state index contributed by atoms with van der Waals surface area (Å²) in [6.45, 7) is 0.661. The van der Waals surface area contributed by atoms with Crippen molar-refractivity contribution in [3.05, 3.63) is 29.3 Å². The molecule has 0 amide bonds. The largest absolute Gasteiger partial charge is 0.493 e. The van der Waals surface area contributed by atoms with E-state index in [0.717, 1.165) is 31.4 Å². The van der Waals surface area contributed by atoms with Gasteiger partial charge in [0.25, 0.3) is 0 Å². The fourth-order valence-electron chi connectivity index (χ4n) is 2.86. The third-order valence-electron chi connectivity index (χ3n) is 4.43. The molecule has 0 spiro atoms. The third kappa shape index (κ3) is 2.59. The number of hydrogen-bond acceptors (Lipinski definition) is 3. The summed E-state index contributed by atoms with van der Waals surface area (Å²) in [6, 6.07) is 8.70. The van der Waals surface area contributed by atoms with Crippen LogP contribution >= 0.6 is 0 Å². The number of rotatable bonds is 4. The van der Waals surface area contributed by atoms with Gasteiger partial charge in [0, 0.05) is 17.9 Å². The van der Waals surface area contributed by atoms with Crippen LogP contribution in [0.15, 0.2) is 18.2 Å². The summed E-state index contributed by atoms with van der Waals surface area (Å²) in [6.07, 6.45) is 6.21. The molecule has 1 saturated carbocycles. The van der Waals surface area contributed by atoms with E-state index >= 15 is 0 Å². The van der Waals surface area contributed by atoms with Crippen LogP contribution in [0, 0.1) is 16.7 Å². The lowest BCUT2D eigenvalue weighted by atomic mass is 9.88. The molecule has 3 heteroatoms. The number of fused-ring (bicyclic) bond motifs is 1. The Hall–Kier alpha value is -1.53. The average molecular weight is 256 g/mol. The van der Waals surface area contributed by atoms with Gasteiger partial charge in [0.2, 0.25) is 0 Å². The Bertz CT molecular complexity index is 514. The molecule has 0 aromatic heterocycles. The Kier molecular flexibility index (Phi) is 3.20. The molecule has 0 heterocycles. The van der Waals surface area contributed by atoms with Gasteiger partial charge in [-0.2, -0.15) is 5.26 Å². The molecule has 1 aromatic carbocycles. The van der Waals surface area contributed by atoms with Crippen LogP contribution in [0.4, 0.5) is 0 Å². The van der Waals surface area contributed by atoms with Gasteiger partial charge in [-0.05, 0) is 55.4 Å². The highest BCUT2D eigenvalue weighted by Crippen LogP contribution is 2.48. The van der Waals surface area contributed by atoms with Gasteiger partial charge in [-0.3, -0.25) is 0 Å². The molecule has 0 radical (unpaired) electrons. The lowest BCUT2D eigenvalue weighted by Gasteiger charge is -2.23. The van der Waals surface area contributed by atoms with Crippen LogP contribution in [0.2, 0.25) is 0 Å². The monoisotopic (exact) mass is 256 g/mol. The number of nitriles is 1. The summed E-state index contributed by atoms with van der Waals surface area (Å²) in [5.41, 5.74) is 8.90. The molecule has 0 aliphatic heterocycles. The van der Waals surface area contributed by atoms with E-state index in [1.807, 2.05) is 6.07 Å². The predicted molar refractivity (Wildman–Crippen MR) is 73.7 cm³/mol. The van der Waals surface area contributed by atoms with Crippen molar-refractivity contribution in [1.29, 1.82) is 5.26 Å². The lowest BCUT2D eigenvalue weighted by Crippen LogP contribution is -2.18. The molecule has 2 aliphatic carbocycles. The van der Waals surface area contributed by atoms with E-state index in [-0.39, 0.29) is 11.5 Å². The van der Waals surface area contributed by atoms with Crippen LogP contribution in [0.1, 0.15) is 49.3 Å². The Balaban J connectivity index is 1.69. The van der Waals surface area contributed by atoms with E-state index in [0.29, 0.717) is 13.0 Å². The van der Waals surface area contributed by atoms with E-state index in [1.54, 1.807) is 0 Å². The maximum atomic E-state index is 8.81. The minimum Gasteiger partial charge on any atom is -0.493 e. The Morgan fingerprint density at radius 1 is 1.42 bits per heavy atom. The maximum absolute atomic E-state index is 8.81. The van der Waals surface area contributed by atoms with E-state index in [2.05, 4.69) is 18.2 Å². The van der Waals surface area contributed by atoms with Gasteiger partial charge in [-0.1, -0.05) is 6.07 Å². The molecule has 2 N–H and O–H groups in total. The van der Waals surface area contributed by atoms with Crippen molar-refractivity contribution in [2.75, 3.05) is 6.61 Å². The van der Waals surface area contributed by atoms with E-state index in [4.69, 9.17) is 15.7 Å². The Morgan fingerprint density at radius 2 is 2.26 bits per heavy atom. The summed E-state index contributed by atoms with van der Waals surface area (Å²) >= 11 is 0. The molecule has 1 aromatic rings. The second kappa shape index (κ2) is 4.86. The van der Waals surface area contributed by atoms with Crippen molar-refractivity contribution in [3.63, 3.8) is 0 Å². The normalized spacial score (nSPS) is 23.3. The smallest absolute Gasteiger partial charge is 0.119 e. The number of nitrogens with two attached hydrogens (primary N) is 1. The standard InChI is InChI=1S/C16H20N2O/c17-9-8-16(6-7-16)11-19-13-5-4-12-2-1-3-15(18)14(12)10-13/h4-5,10,15H,1-3,6-8,11,18H2/t15-/m0/s1. The second-order valence-electron chi connectivity index (χ2n) is 5.98. The first kappa shape index (κ1) is 12.5. The van der Waals surface area contributed by atoms with Gasteiger partial charge in [-0.25, -0.2) is 0 Å². The summed E-state index contributed by atoms with van der Waals surface area (Å²) in [4.78, 5) is 0. The van der Waals surface area contributed by atoms with Crippen molar-refractivity contribution in [3.8, 4) is 11.8 Å². The van der Waals surface area contributed by atoms with Gasteiger partial charge >= 0.3 is 0 Å². The SMILES string of the molecule is N#CCC1(COc2ccc3c(c2)[C@@H](N)CCC3)CC1. The molecule has 0 unspecified atom stereocenters. The number of benzene rings is 1. The van der Waals surface area contributed by atoms with Crippen LogP contribution in [-0.4, -0.2) is 6.61 Å². The van der Waals surface area contributed by atoms with Crippen LogP contribution < -0.4 is 10.5 Å². The quantitative estimate of drug-likeness (QED) is 0.900. The minimum absolute atomic E-state index is 0.132. The Morgan fingerprint density at radius 3 is 3.00 bits per heavy atom. The highest BCUT2D eigenvalue weighted by atomic mass is 16.5. The second-order valence-corrected chi connectivity index (χ2v) is 5.98. The van der Waals surface area contributed by atoms with E-state index in [9.17, 15) is 0 Å². The summed E-state index contributed by atoms with van der Waals surface area (Å²) in [7, 11) is 0. The van der Waals surface area contributed by atoms with Crippen molar-refractivity contribution >= 4 is 0 Å². The van der Waals surface area contributed by atoms with Crippen LogP contribution in [-0.2, 0) is 6.42 Å². The van der Waals surface area contributed by atoms with Crippen molar-refractivity contribution in [2.45, 2.75) is 44.6 Å².